The van der Waals surface area contributed by atoms with Gasteiger partial charge in [0.15, 0.2) is 0 Å². The SMILES string of the molecule is CCCCN1C(=O)NC(c2ccc(-n3cncn3)c(F)c2)C(C(=O)OC)=C1C. The van der Waals surface area contributed by atoms with Crippen molar-refractivity contribution in [2.45, 2.75) is 32.7 Å². The van der Waals surface area contributed by atoms with Gasteiger partial charge in [0.2, 0.25) is 0 Å². The molecule has 148 valence electrons. The molecule has 1 unspecified atom stereocenters. The quantitative estimate of drug-likeness (QED) is 0.770. The van der Waals surface area contributed by atoms with Gasteiger partial charge in [0.25, 0.3) is 0 Å². The van der Waals surface area contributed by atoms with E-state index in [4.69, 9.17) is 4.74 Å². The number of rotatable bonds is 6. The smallest absolute Gasteiger partial charge is 0.337 e. The third-order valence-corrected chi connectivity index (χ3v) is 4.71. The Kier molecular flexibility index (Phi) is 5.72. The molecule has 0 spiro atoms. The number of allylic oxidation sites excluding steroid dienone is 1. The average molecular weight is 387 g/mol. The lowest BCUT2D eigenvalue weighted by atomic mass is 9.94. The molecule has 0 saturated heterocycles. The molecule has 1 aromatic heterocycles. The van der Waals surface area contributed by atoms with E-state index in [1.54, 1.807) is 13.0 Å². The number of urea groups is 1. The van der Waals surface area contributed by atoms with Crippen LogP contribution in [0, 0.1) is 5.82 Å². The topological polar surface area (TPSA) is 89.4 Å². The molecule has 0 bridgehead atoms. The van der Waals surface area contributed by atoms with Crippen molar-refractivity contribution in [2.24, 2.45) is 0 Å². The number of esters is 1. The minimum atomic E-state index is -0.808. The van der Waals surface area contributed by atoms with Crippen LogP contribution in [0.5, 0.6) is 0 Å². The lowest BCUT2D eigenvalue weighted by Crippen LogP contribution is -2.48. The van der Waals surface area contributed by atoms with Crippen LogP contribution in [-0.4, -0.2) is 45.3 Å². The van der Waals surface area contributed by atoms with Crippen molar-refractivity contribution >= 4 is 12.0 Å². The fourth-order valence-corrected chi connectivity index (χ4v) is 3.21. The van der Waals surface area contributed by atoms with Crippen LogP contribution in [0.1, 0.15) is 38.3 Å². The molecule has 1 aliphatic heterocycles. The van der Waals surface area contributed by atoms with Gasteiger partial charge in [-0.05, 0) is 31.0 Å². The van der Waals surface area contributed by atoms with Gasteiger partial charge in [0, 0.05) is 12.2 Å². The van der Waals surface area contributed by atoms with E-state index >= 15 is 0 Å². The summed E-state index contributed by atoms with van der Waals surface area (Å²) in [6, 6.07) is 3.31. The van der Waals surface area contributed by atoms with Crippen molar-refractivity contribution in [3.63, 3.8) is 0 Å². The summed E-state index contributed by atoms with van der Waals surface area (Å²) in [4.78, 5) is 30.4. The Bertz CT molecular complexity index is 910. The summed E-state index contributed by atoms with van der Waals surface area (Å²) < 4.78 is 20.9. The molecular weight excluding hydrogens is 365 g/mol. The largest absolute Gasteiger partial charge is 0.466 e. The zero-order chi connectivity index (χ0) is 20.3. The molecule has 0 saturated carbocycles. The molecule has 3 rings (SSSR count). The lowest BCUT2D eigenvalue weighted by Gasteiger charge is -2.35. The highest BCUT2D eigenvalue weighted by molar-refractivity contribution is 5.95. The predicted molar refractivity (Wildman–Crippen MR) is 98.9 cm³/mol. The standard InChI is InChI=1S/C19H22FN5O3/c1-4-5-8-24-12(2)16(18(26)28-3)17(23-19(24)27)13-6-7-15(14(20)9-13)25-11-21-10-22-25/h6-7,9-11,17H,4-5,8H2,1-3H3,(H,23,27). The minimum Gasteiger partial charge on any atom is -0.466 e. The van der Waals surface area contributed by atoms with E-state index in [9.17, 15) is 14.0 Å². The number of benzene rings is 1. The Balaban J connectivity index is 2.02. The second-order valence-electron chi connectivity index (χ2n) is 6.43. The summed E-state index contributed by atoms with van der Waals surface area (Å²) in [5.41, 5.74) is 1.44. The van der Waals surface area contributed by atoms with Gasteiger partial charge in [-0.25, -0.2) is 23.6 Å². The number of amides is 2. The Morgan fingerprint density at radius 3 is 2.79 bits per heavy atom. The maximum atomic E-state index is 14.7. The van der Waals surface area contributed by atoms with Crippen LogP contribution >= 0.6 is 0 Å². The highest BCUT2D eigenvalue weighted by Gasteiger charge is 2.36. The molecule has 2 amide bonds. The normalized spacial score (nSPS) is 16.9. The van der Waals surface area contributed by atoms with Crippen LogP contribution in [-0.2, 0) is 9.53 Å². The number of nitrogens with one attached hydrogen (secondary N) is 1. The lowest BCUT2D eigenvalue weighted by molar-refractivity contribution is -0.136. The van der Waals surface area contributed by atoms with Crippen LogP contribution in [0.4, 0.5) is 9.18 Å². The van der Waals surface area contributed by atoms with E-state index in [0.717, 1.165) is 12.8 Å². The first-order valence-corrected chi connectivity index (χ1v) is 8.99. The summed E-state index contributed by atoms with van der Waals surface area (Å²) in [6.45, 7) is 4.21. The van der Waals surface area contributed by atoms with Crippen molar-refractivity contribution < 1.29 is 18.7 Å². The Labute approximate surface area is 162 Å². The van der Waals surface area contributed by atoms with Crippen molar-refractivity contribution in [3.8, 4) is 5.69 Å². The second-order valence-corrected chi connectivity index (χ2v) is 6.43. The molecule has 1 aliphatic rings. The number of ether oxygens (including phenoxy) is 1. The first kappa shape index (κ1) is 19.5. The summed E-state index contributed by atoms with van der Waals surface area (Å²) in [6.07, 6.45) is 4.39. The van der Waals surface area contributed by atoms with Gasteiger partial charge in [-0.15, -0.1) is 0 Å². The number of unbranched alkanes of at least 4 members (excludes halogenated alkanes) is 1. The van der Waals surface area contributed by atoms with Crippen LogP contribution in [0.25, 0.3) is 5.69 Å². The molecule has 9 heteroatoms. The molecule has 1 N–H and O–H groups in total. The highest BCUT2D eigenvalue weighted by Crippen LogP contribution is 2.32. The number of nitrogens with zero attached hydrogens (tertiary/aromatic N) is 4. The number of carbonyl (C=O) groups excluding carboxylic acids is 2. The van der Waals surface area contributed by atoms with Gasteiger partial charge in [-0.3, -0.25) is 4.90 Å². The molecule has 0 radical (unpaired) electrons. The minimum absolute atomic E-state index is 0.216. The zero-order valence-corrected chi connectivity index (χ0v) is 16.0. The van der Waals surface area contributed by atoms with Gasteiger partial charge in [-0.2, -0.15) is 5.10 Å². The second kappa shape index (κ2) is 8.20. The maximum Gasteiger partial charge on any atom is 0.337 e. The summed E-state index contributed by atoms with van der Waals surface area (Å²) in [7, 11) is 1.28. The van der Waals surface area contributed by atoms with Gasteiger partial charge < -0.3 is 10.1 Å². The summed E-state index contributed by atoms with van der Waals surface area (Å²) in [5.74, 6) is -1.11. The van der Waals surface area contributed by atoms with E-state index in [2.05, 4.69) is 15.4 Å². The van der Waals surface area contributed by atoms with Crippen LogP contribution in [0.2, 0.25) is 0 Å². The van der Waals surface area contributed by atoms with Crippen molar-refractivity contribution in [1.82, 2.24) is 25.0 Å². The number of carbonyl (C=O) groups is 2. The fraction of sp³-hybridized carbons (Fsp3) is 0.368. The van der Waals surface area contributed by atoms with Gasteiger partial charge in [0.1, 0.15) is 24.2 Å². The van der Waals surface area contributed by atoms with E-state index in [0.29, 0.717) is 17.8 Å². The van der Waals surface area contributed by atoms with Crippen molar-refractivity contribution in [2.75, 3.05) is 13.7 Å². The van der Waals surface area contributed by atoms with Crippen LogP contribution < -0.4 is 5.32 Å². The fourth-order valence-electron chi connectivity index (χ4n) is 3.21. The van der Waals surface area contributed by atoms with Crippen molar-refractivity contribution in [1.29, 1.82) is 0 Å². The first-order valence-electron chi connectivity index (χ1n) is 8.99. The summed E-state index contributed by atoms with van der Waals surface area (Å²) in [5, 5.41) is 6.71. The predicted octanol–water partition coefficient (Wildman–Crippen LogP) is 2.72. The van der Waals surface area contributed by atoms with Crippen molar-refractivity contribution in [3.05, 3.63) is 53.5 Å². The molecule has 0 aliphatic carbocycles. The Morgan fingerprint density at radius 2 is 2.18 bits per heavy atom. The molecule has 1 atom stereocenters. The average Bonchev–Trinajstić information content (AvgIpc) is 3.21. The maximum absolute atomic E-state index is 14.7. The van der Waals surface area contributed by atoms with Gasteiger partial charge in [-0.1, -0.05) is 19.4 Å². The number of aromatic nitrogens is 3. The molecular formula is C19H22FN5O3. The zero-order valence-electron chi connectivity index (χ0n) is 16.0. The summed E-state index contributed by atoms with van der Waals surface area (Å²) >= 11 is 0. The number of methoxy groups -OCH3 is 1. The monoisotopic (exact) mass is 387 g/mol. The highest BCUT2D eigenvalue weighted by atomic mass is 19.1. The molecule has 0 fully saturated rings. The third kappa shape index (κ3) is 3.60. The Morgan fingerprint density at radius 1 is 1.39 bits per heavy atom. The van der Waals surface area contributed by atoms with Gasteiger partial charge >= 0.3 is 12.0 Å². The van der Waals surface area contributed by atoms with E-state index in [1.807, 2.05) is 6.92 Å². The van der Waals surface area contributed by atoms with E-state index in [1.165, 1.54) is 41.5 Å². The number of hydrogen-bond donors (Lipinski definition) is 1. The molecule has 8 nitrogen and oxygen atoms in total. The molecule has 2 aromatic rings. The van der Waals surface area contributed by atoms with Crippen LogP contribution in [0.3, 0.4) is 0 Å². The third-order valence-electron chi connectivity index (χ3n) is 4.71. The van der Waals surface area contributed by atoms with E-state index in [-0.39, 0.29) is 17.3 Å². The van der Waals surface area contributed by atoms with E-state index < -0.39 is 17.8 Å². The van der Waals surface area contributed by atoms with Crippen LogP contribution in [0.15, 0.2) is 42.1 Å². The molecule has 1 aromatic carbocycles. The number of hydrogen-bond acceptors (Lipinski definition) is 5. The number of halogens is 1. The molecule has 28 heavy (non-hydrogen) atoms. The first-order chi connectivity index (χ1) is 13.5. The van der Waals surface area contributed by atoms with Gasteiger partial charge in [0.05, 0.1) is 18.7 Å². The Hall–Kier alpha value is -3.23. The molecule has 2 heterocycles.